The van der Waals surface area contributed by atoms with Gasteiger partial charge in [-0.05, 0) is 59.2 Å². The Labute approximate surface area is 174 Å². The molecule has 0 aliphatic rings. The molecule has 5 aromatic carbocycles. The summed E-state index contributed by atoms with van der Waals surface area (Å²) in [5.74, 6) is 0. The van der Waals surface area contributed by atoms with E-state index in [9.17, 15) is 0 Å². The van der Waals surface area contributed by atoms with Crippen LogP contribution in [-0.4, -0.2) is 4.40 Å². The summed E-state index contributed by atoms with van der Waals surface area (Å²) in [6, 6.07) is 35.8. The number of hydrogen-bond donors (Lipinski definition) is 0. The molecule has 0 aliphatic heterocycles. The Morgan fingerprint density at radius 2 is 1.17 bits per heavy atom. The molecule has 0 bridgehead atoms. The number of aryl methyl sites for hydroxylation is 1. The normalized spacial score (nSPS) is 12.2. The lowest BCUT2D eigenvalue weighted by atomic mass is 9.98. The zero-order chi connectivity index (χ0) is 19.8. The van der Waals surface area contributed by atoms with E-state index in [1.165, 1.54) is 65.6 Å². The van der Waals surface area contributed by atoms with Crippen LogP contribution in [0.2, 0.25) is 0 Å². The van der Waals surface area contributed by atoms with Crippen molar-refractivity contribution in [2.45, 2.75) is 6.92 Å². The molecule has 1 heteroatoms. The van der Waals surface area contributed by atoms with Crippen molar-refractivity contribution in [3.63, 3.8) is 0 Å². The third kappa shape index (κ3) is 2.02. The topological polar surface area (TPSA) is 4.41 Å². The third-order valence-electron chi connectivity index (χ3n) is 6.55. The summed E-state index contributed by atoms with van der Waals surface area (Å²) in [6.45, 7) is 2.14. The summed E-state index contributed by atoms with van der Waals surface area (Å²) in [4.78, 5) is 0. The zero-order valence-corrected chi connectivity index (χ0v) is 16.7. The highest BCUT2D eigenvalue weighted by molar-refractivity contribution is 6.25. The monoisotopic (exact) mass is 381 g/mol. The van der Waals surface area contributed by atoms with Gasteiger partial charge in [0.05, 0.1) is 16.6 Å². The Bertz CT molecular complexity index is 1730. The van der Waals surface area contributed by atoms with Crippen LogP contribution in [-0.2, 0) is 0 Å². The largest absolute Gasteiger partial charge is 0.308 e. The van der Waals surface area contributed by atoms with Crippen molar-refractivity contribution in [3.8, 4) is 11.1 Å². The lowest BCUT2D eigenvalue weighted by Gasteiger charge is -2.05. The van der Waals surface area contributed by atoms with Crippen LogP contribution in [0.4, 0.5) is 0 Å². The Balaban J connectivity index is 1.73. The first-order chi connectivity index (χ1) is 14.8. The Kier molecular flexibility index (Phi) is 2.99. The first kappa shape index (κ1) is 16.0. The molecule has 2 heterocycles. The van der Waals surface area contributed by atoms with Gasteiger partial charge in [0, 0.05) is 21.5 Å². The van der Waals surface area contributed by atoms with Gasteiger partial charge in [-0.3, -0.25) is 0 Å². The highest BCUT2D eigenvalue weighted by atomic mass is 14.9. The van der Waals surface area contributed by atoms with Crippen LogP contribution in [0.1, 0.15) is 5.56 Å². The Hall–Kier alpha value is -3.84. The summed E-state index contributed by atoms with van der Waals surface area (Å²) >= 11 is 0. The molecule has 1 nitrogen and oxygen atoms in total. The van der Waals surface area contributed by atoms with Crippen molar-refractivity contribution in [3.05, 3.63) is 103 Å². The van der Waals surface area contributed by atoms with Gasteiger partial charge in [0.1, 0.15) is 0 Å². The second kappa shape index (κ2) is 5.61. The molecule has 0 spiro atoms. The predicted octanol–water partition coefficient (Wildman–Crippen LogP) is 7.97. The van der Waals surface area contributed by atoms with Gasteiger partial charge in [0.15, 0.2) is 0 Å². The quantitative estimate of drug-likeness (QED) is 0.272. The Morgan fingerprint density at radius 1 is 0.500 bits per heavy atom. The lowest BCUT2D eigenvalue weighted by Crippen LogP contribution is -1.80. The van der Waals surface area contributed by atoms with Crippen molar-refractivity contribution >= 4 is 48.9 Å². The molecule has 30 heavy (non-hydrogen) atoms. The molecule has 0 N–H and O–H groups in total. The highest BCUT2D eigenvalue weighted by Gasteiger charge is 2.19. The van der Waals surface area contributed by atoms with Gasteiger partial charge in [-0.1, -0.05) is 72.3 Å². The molecule has 0 radical (unpaired) electrons. The predicted molar refractivity (Wildman–Crippen MR) is 129 cm³/mol. The summed E-state index contributed by atoms with van der Waals surface area (Å²) < 4.78 is 2.46. The van der Waals surface area contributed by atoms with E-state index in [1.807, 2.05) is 0 Å². The molecule has 0 saturated heterocycles. The van der Waals surface area contributed by atoms with Crippen molar-refractivity contribution < 1.29 is 0 Å². The number of para-hydroxylation sites is 1. The van der Waals surface area contributed by atoms with Crippen LogP contribution >= 0.6 is 0 Å². The maximum absolute atomic E-state index is 2.46. The SMILES string of the molecule is Cc1ccc(-c2cc3c4ccccc4n4c5cc6ccccc6cc5c(c2)c34)cc1. The van der Waals surface area contributed by atoms with Crippen LogP contribution < -0.4 is 0 Å². The zero-order valence-electron chi connectivity index (χ0n) is 16.7. The number of benzene rings is 5. The first-order valence-electron chi connectivity index (χ1n) is 10.5. The smallest absolute Gasteiger partial charge is 0.0620 e. The summed E-state index contributed by atoms with van der Waals surface area (Å²) in [7, 11) is 0. The van der Waals surface area contributed by atoms with E-state index in [1.54, 1.807) is 0 Å². The second-order valence-corrected chi connectivity index (χ2v) is 8.36. The number of hydrogen-bond acceptors (Lipinski definition) is 0. The van der Waals surface area contributed by atoms with Crippen LogP contribution in [0.5, 0.6) is 0 Å². The number of nitrogens with zero attached hydrogens (tertiary/aromatic N) is 1. The third-order valence-corrected chi connectivity index (χ3v) is 6.55. The number of rotatable bonds is 1. The fourth-order valence-corrected chi connectivity index (χ4v) is 5.09. The van der Waals surface area contributed by atoms with Gasteiger partial charge < -0.3 is 4.40 Å². The van der Waals surface area contributed by atoms with E-state index in [4.69, 9.17) is 0 Å². The van der Waals surface area contributed by atoms with Crippen LogP contribution in [0.15, 0.2) is 97.1 Å². The fraction of sp³-hybridized carbons (Fsp3) is 0.0345. The Morgan fingerprint density at radius 3 is 1.97 bits per heavy atom. The van der Waals surface area contributed by atoms with Crippen LogP contribution in [0.25, 0.3) is 60.0 Å². The van der Waals surface area contributed by atoms with Gasteiger partial charge in [0.25, 0.3) is 0 Å². The molecular weight excluding hydrogens is 362 g/mol. The average Bonchev–Trinajstić information content (AvgIpc) is 3.29. The molecule has 0 saturated carbocycles. The van der Waals surface area contributed by atoms with Gasteiger partial charge >= 0.3 is 0 Å². The number of fused-ring (bicyclic) bond motifs is 7. The van der Waals surface area contributed by atoms with E-state index in [0.717, 1.165) is 0 Å². The minimum absolute atomic E-state index is 1.27. The van der Waals surface area contributed by atoms with Crippen molar-refractivity contribution in [2.24, 2.45) is 0 Å². The van der Waals surface area contributed by atoms with Gasteiger partial charge in [-0.25, -0.2) is 0 Å². The molecular formula is C29H19N. The van der Waals surface area contributed by atoms with Crippen LogP contribution in [0.3, 0.4) is 0 Å². The summed E-state index contributed by atoms with van der Waals surface area (Å²) in [5.41, 5.74) is 7.74. The van der Waals surface area contributed by atoms with E-state index in [-0.39, 0.29) is 0 Å². The van der Waals surface area contributed by atoms with Crippen LogP contribution in [0, 0.1) is 6.92 Å². The lowest BCUT2D eigenvalue weighted by molar-refractivity contribution is 1.37. The minimum atomic E-state index is 1.27. The van der Waals surface area contributed by atoms with Gasteiger partial charge in [-0.15, -0.1) is 0 Å². The summed E-state index contributed by atoms with van der Waals surface area (Å²) in [6.07, 6.45) is 0. The molecule has 7 rings (SSSR count). The minimum Gasteiger partial charge on any atom is -0.308 e. The van der Waals surface area contributed by atoms with Gasteiger partial charge in [-0.2, -0.15) is 0 Å². The second-order valence-electron chi connectivity index (χ2n) is 8.36. The molecule has 0 amide bonds. The maximum atomic E-state index is 2.46. The molecule has 0 unspecified atom stereocenters. The molecule has 0 aliphatic carbocycles. The molecule has 0 fully saturated rings. The van der Waals surface area contributed by atoms with E-state index < -0.39 is 0 Å². The van der Waals surface area contributed by atoms with Crippen molar-refractivity contribution in [1.82, 2.24) is 4.40 Å². The molecule has 2 aromatic heterocycles. The molecule has 7 aromatic rings. The van der Waals surface area contributed by atoms with E-state index in [0.29, 0.717) is 0 Å². The highest BCUT2D eigenvalue weighted by Crippen LogP contribution is 2.42. The average molecular weight is 381 g/mol. The molecule has 140 valence electrons. The fourth-order valence-electron chi connectivity index (χ4n) is 5.09. The maximum Gasteiger partial charge on any atom is 0.0620 e. The standard InChI is InChI=1S/C29H19N/c1-18-10-12-19(13-11-18)22-15-25-23-8-4-5-9-27(23)30-28-17-21-7-3-2-6-20(21)14-24(28)26(16-22)29(25)30/h2-17H,1H3. The molecule has 0 atom stereocenters. The van der Waals surface area contributed by atoms with Gasteiger partial charge in [0.2, 0.25) is 0 Å². The first-order valence-corrected chi connectivity index (χ1v) is 10.5. The van der Waals surface area contributed by atoms with Crippen molar-refractivity contribution in [2.75, 3.05) is 0 Å². The van der Waals surface area contributed by atoms with E-state index in [2.05, 4.69) is 108 Å². The van der Waals surface area contributed by atoms with E-state index >= 15 is 0 Å². The van der Waals surface area contributed by atoms with Crippen molar-refractivity contribution in [1.29, 1.82) is 0 Å². The summed E-state index contributed by atoms with van der Waals surface area (Å²) in [5, 5.41) is 7.89. The number of aromatic nitrogens is 1.